The Morgan fingerprint density at radius 1 is 1.82 bits per heavy atom. The lowest BCUT2D eigenvalue weighted by molar-refractivity contribution is -0.140. The SMILES string of the molecule is CCC(C)(OC)C(=O)NC#N. The van der Waals surface area contributed by atoms with Crippen molar-refractivity contribution in [2.24, 2.45) is 0 Å². The molecule has 1 amide bonds. The van der Waals surface area contributed by atoms with Crippen molar-refractivity contribution >= 4 is 5.91 Å². The molecular weight excluding hydrogens is 144 g/mol. The minimum absolute atomic E-state index is 0.398. The number of nitriles is 1. The van der Waals surface area contributed by atoms with Crippen LogP contribution < -0.4 is 5.32 Å². The Morgan fingerprint density at radius 3 is 2.64 bits per heavy atom. The first kappa shape index (κ1) is 9.92. The average Bonchev–Trinajstić information content (AvgIpc) is 2.03. The number of methoxy groups -OCH3 is 1. The van der Waals surface area contributed by atoms with Crippen molar-refractivity contribution < 1.29 is 9.53 Å². The molecule has 0 aromatic heterocycles. The summed E-state index contributed by atoms with van der Waals surface area (Å²) in [5.41, 5.74) is -0.879. The summed E-state index contributed by atoms with van der Waals surface area (Å²) in [6.45, 7) is 3.46. The Kier molecular flexibility index (Phi) is 3.55. The standard InChI is InChI=1S/C7H12N2O2/c1-4-7(2,11-3)6(10)9-5-8/h4H2,1-3H3,(H,9,10). The topological polar surface area (TPSA) is 62.1 Å². The van der Waals surface area contributed by atoms with Gasteiger partial charge in [-0.2, -0.15) is 5.26 Å². The average molecular weight is 156 g/mol. The Labute approximate surface area is 66.1 Å². The first-order chi connectivity index (χ1) is 5.10. The van der Waals surface area contributed by atoms with Gasteiger partial charge in [-0.25, -0.2) is 0 Å². The molecule has 0 bridgehead atoms. The quantitative estimate of drug-likeness (QED) is 0.475. The van der Waals surface area contributed by atoms with Gasteiger partial charge < -0.3 is 4.74 Å². The van der Waals surface area contributed by atoms with Crippen LogP contribution in [-0.2, 0) is 9.53 Å². The highest BCUT2D eigenvalue weighted by molar-refractivity contribution is 5.85. The van der Waals surface area contributed by atoms with Gasteiger partial charge in [-0.3, -0.25) is 10.1 Å². The third-order valence-corrected chi connectivity index (χ3v) is 1.77. The summed E-state index contributed by atoms with van der Waals surface area (Å²) < 4.78 is 4.94. The van der Waals surface area contributed by atoms with E-state index in [2.05, 4.69) is 0 Å². The Balaban J connectivity index is 4.27. The molecule has 1 N–H and O–H groups in total. The second kappa shape index (κ2) is 3.94. The molecule has 1 unspecified atom stereocenters. The maximum absolute atomic E-state index is 11.1. The molecule has 0 aromatic rings. The molecule has 0 heterocycles. The van der Waals surface area contributed by atoms with Crippen molar-refractivity contribution in [3.63, 3.8) is 0 Å². The second-order valence-electron chi connectivity index (χ2n) is 2.35. The highest BCUT2D eigenvalue weighted by Crippen LogP contribution is 2.13. The first-order valence-electron chi connectivity index (χ1n) is 3.35. The van der Waals surface area contributed by atoms with E-state index >= 15 is 0 Å². The van der Waals surface area contributed by atoms with Gasteiger partial charge in [0.1, 0.15) is 5.60 Å². The summed E-state index contributed by atoms with van der Waals surface area (Å²) in [6.07, 6.45) is 2.10. The molecule has 11 heavy (non-hydrogen) atoms. The number of ether oxygens (including phenoxy) is 1. The van der Waals surface area contributed by atoms with Gasteiger partial charge in [0.2, 0.25) is 0 Å². The zero-order valence-electron chi connectivity index (χ0n) is 6.97. The molecule has 0 saturated carbocycles. The van der Waals surface area contributed by atoms with E-state index in [0.29, 0.717) is 6.42 Å². The zero-order chi connectivity index (χ0) is 8.91. The summed E-state index contributed by atoms with van der Waals surface area (Å²) in [7, 11) is 1.44. The summed E-state index contributed by atoms with van der Waals surface area (Å²) in [5, 5.41) is 10.2. The second-order valence-corrected chi connectivity index (χ2v) is 2.35. The number of carbonyl (C=O) groups is 1. The highest BCUT2D eigenvalue weighted by Gasteiger charge is 2.30. The third-order valence-electron chi connectivity index (χ3n) is 1.77. The van der Waals surface area contributed by atoms with E-state index in [1.54, 1.807) is 13.1 Å². The molecule has 0 aromatic carbocycles. The Hall–Kier alpha value is -1.08. The van der Waals surface area contributed by atoms with Crippen LogP contribution in [0.3, 0.4) is 0 Å². The Bertz CT molecular complexity index is 179. The molecule has 0 aliphatic rings. The minimum Gasteiger partial charge on any atom is -0.369 e. The molecule has 0 radical (unpaired) electrons. The van der Waals surface area contributed by atoms with Crippen LogP contribution in [-0.4, -0.2) is 18.6 Å². The molecule has 0 fully saturated rings. The fraction of sp³-hybridized carbons (Fsp3) is 0.714. The van der Waals surface area contributed by atoms with Crippen LogP contribution in [0.15, 0.2) is 0 Å². The van der Waals surface area contributed by atoms with Gasteiger partial charge in [0.25, 0.3) is 5.91 Å². The molecule has 0 aliphatic carbocycles. The molecule has 4 heteroatoms. The number of amides is 1. The van der Waals surface area contributed by atoms with E-state index < -0.39 is 11.5 Å². The van der Waals surface area contributed by atoms with Crippen LogP contribution in [0.2, 0.25) is 0 Å². The molecule has 0 rings (SSSR count). The Morgan fingerprint density at radius 2 is 2.36 bits per heavy atom. The molecule has 1 atom stereocenters. The summed E-state index contributed by atoms with van der Waals surface area (Å²) in [6, 6.07) is 0. The predicted octanol–water partition coefficient (Wildman–Crippen LogP) is 0.399. The van der Waals surface area contributed by atoms with E-state index in [1.165, 1.54) is 7.11 Å². The van der Waals surface area contributed by atoms with Crippen molar-refractivity contribution in [2.45, 2.75) is 25.9 Å². The third kappa shape index (κ3) is 2.20. The van der Waals surface area contributed by atoms with Crippen molar-refractivity contribution in [3.05, 3.63) is 0 Å². The molecular formula is C7H12N2O2. The summed E-state index contributed by atoms with van der Waals surface area (Å²) in [4.78, 5) is 11.1. The van der Waals surface area contributed by atoms with E-state index in [9.17, 15) is 4.79 Å². The van der Waals surface area contributed by atoms with Crippen molar-refractivity contribution in [1.29, 1.82) is 5.26 Å². The van der Waals surface area contributed by atoms with Crippen molar-refractivity contribution in [2.75, 3.05) is 7.11 Å². The summed E-state index contributed by atoms with van der Waals surface area (Å²) >= 11 is 0. The maximum atomic E-state index is 11.1. The van der Waals surface area contributed by atoms with Crippen LogP contribution in [0.1, 0.15) is 20.3 Å². The number of hydrogen-bond acceptors (Lipinski definition) is 3. The van der Waals surface area contributed by atoms with Crippen molar-refractivity contribution in [3.8, 4) is 6.19 Å². The monoisotopic (exact) mass is 156 g/mol. The first-order valence-corrected chi connectivity index (χ1v) is 3.35. The molecule has 0 spiro atoms. The van der Waals surface area contributed by atoms with Crippen LogP contribution in [0, 0.1) is 11.5 Å². The van der Waals surface area contributed by atoms with Crippen LogP contribution in [0.5, 0.6) is 0 Å². The highest BCUT2D eigenvalue weighted by atomic mass is 16.5. The van der Waals surface area contributed by atoms with Crippen LogP contribution >= 0.6 is 0 Å². The molecule has 0 aliphatic heterocycles. The predicted molar refractivity (Wildman–Crippen MR) is 39.5 cm³/mol. The molecule has 0 saturated heterocycles. The van der Waals surface area contributed by atoms with E-state index in [-0.39, 0.29) is 0 Å². The van der Waals surface area contributed by atoms with Crippen LogP contribution in [0.4, 0.5) is 0 Å². The fourth-order valence-corrected chi connectivity index (χ4v) is 0.581. The van der Waals surface area contributed by atoms with E-state index in [1.807, 2.05) is 12.2 Å². The van der Waals surface area contributed by atoms with Gasteiger partial charge in [0.05, 0.1) is 0 Å². The van der Waals surface area contributed by atoms with Gasteiger partial charge in [-0.15, -0.1) is 0 Å². The fourth-order valence-electron chi connectivity index (χ4n) is 0.581. The van der Waals surface area contributed by atoms with E-state index in [4.69, 9.17) is 10.00 Å². The number of carbonyl (C=O) groups excluding carboxylic acids is 1. The van der Waals surface area contributed by atoms with Gasteiger partial charge in [-0.1, -0.05) is 6.92 Å². The van der Waals surface area contributed by atoms with Gasteiger partial charge in [0.15, 0.2) is 6.19 Å². The van der Waals surface area contributed by atoms with Gasteiger partial charge >= 0.3 is 0 Å². The van der Waals surface area contributed by atoms with Crippen LogP contribution in [0.25, 0.3) is 0 Å². The minimum atomic E-state index is -0.879. The normalized spacial score (nSPS) is 14.7. The van der Waals surface area contributed by atoms with E-state index in [0.717, 1.165) is 0 Å². The lowest BCUT2D eigenvalue weighted by Gasteiger charge is -2.22. The van der Waals surface area contributed by atoms with Gasteiger partial charge in [-0.05, 0) is 13.3 Å². The largest absolute Gasteiger partial charge is 0.369 e. The zero-order valence-corrected chi connectivity index (χ0v) is 6.97. The molecule has 4 nitrogen and oxygen atoms in total. The lowest BCUT2D eigenvalue weighted by atomic mass is 10.0. The lowest BCUT2D eigenvalue weighted by Crippen LogP contribution is -2.43. The van der Waals surface area contributed by atoms with Crippen molar-refractivity contribution in [1.82, 2.24) is 5.32 Å². The number of hydrogen-bond donors (Lipinski definition) is 1. The number of nitrogens with zero attached hydrogens (tertiary/aromatic N) is 1. The summed E-state index contributed by atoms with van der Waals surface area (Å²) in [5.74, 6) is -0.398. The maximum Gasteiger partial charge on any atom is 0.264 e. The number of nitrogens with one attached hydrogen (secondary N) is 1. The molecule has 62 valence electrons. The smallest absolute Gasteiger partial charge is 0.264 e. The van der Waals surface area contributed by atoms with Gasteiger partial charge in [0, 0.05) is 7.11 Å². The number of rotatable bonds is 3.